The molecule has 0 bridgehead atoms. The number of aliphatic hydroxyl groups is 1. The van der Waals surface area contributed by atoms with Crippen molar-refractivity contribution in [2.24, 2.45) is 0 Å². The Labute approximate surface area is 120 Å². The normalized spacial score (nSPS) is 20.0. The van der Waals surface area contributed by atoms with Crippen LogP contribution in [-0.2, 0) is 21.4 Å². The van der Waals surface area contributed by atoms with Crippen molar-refractivity contribution in [2.45, 2.75) is 43.8 Å². The van der Waals surface area contributed by atoms with E-state index in [1.165, 1.54) is 6.07 Å². The molecular formula is C14H21NO4S. The molecule has 6 heteroatoms. The van der Waals surface area contributed by atoms with Gasteiger partial charge in [-0.2, -0.15) is 0 Å². The van der Waals surface area contributed by atoms with E-state index in [1.807, 2.05) is 6.92 Å². The molecule has 2 rings (SSSR count). The summed E-state index contributed by atoms with van der Waals surface area (Å²) in [6.45, 7) is 2.67. The third-order valence-electron chi connectivity index (χ3n) is 3.58. The maximum Gasteiger partial charge on any atom is 0.240 e. The third-order valence-corrected chi connectivity index (χ3v) is 5.00. The number of benzene rings is 1. The van der Waals surface area contributed by atoms with E-state index >= 15 is 0 Å². The second-order valence-electron chi connectivity index (χ2n) is 5.09. The van der Waals surface area contributed by atoms with Gasteiger partial charge >= 0.3 is 0 Å². The summed E-state index contributed by atoms with van der Waals surface area (Å²) in [5.41, 5.74) is 1.50. The first kappa shape index (κ1) is 15.4. The number of sulfonamides is 1. The number of hydrogen-bond donors (Lipinski definition) is 2. The van der Waals surface area contributed by atoms with Gasteiger partial charge in [0.1, 0.15) is 0 Å². The molecule has 20 heavy (non-hydrogen) atoms. The largest absolute Gasteiger partial charge is 0.392 e. The molecule has 0 amide bonds. The van der Waals surface area contributed by atoms with Gasteiger partial charge in [-0.05, 0) is 49.4 Å². The molecule has 1 aliphatic rings. The minimum atomic E-state index is -3.55. The molecule has 0 saturated carbocycles. The smallest absolute Gasteiger partial charge is 0.240 e. The summed E-state index contributed by atoms with van der Waals surface area (Å²) in [5.74, 6) is 0. The van der Waals surface area contributed by atoms with Crippen LogP contribution in [0, 0.1) is 6.92 Å². The predicted molar refractivity (Wildman–Crippen MR) is 75.9 cm³/mol. The summed E-state index contributed by atoms with van der Waals surface area (Å²) >= 11 is 0. The fourth-order valence-corrected chi connectivity index (χ4v) is 3.36. The second kappa shape index (κ2) is 6.67. The summed E-state index contributed by atoms with van der Waals surface area (Å²) in [7, 11) is -3.55. The van der Waals surface area contributed by atoms with Crippen LogP contribution in [0.3, 0.4) is 0 Å². The van der Waals surface area contributed by atoms with E-state index in [0.29, 0.717) is 18.7 Å². The summed E-state index contributed by atoms with van der Waals surface area (Å²) in [6, 6.07) is 4.77. The Balaban J connectivity index is 2.05. The molecule has 5 nitrogen and oxygen atoms in total. The van der Waals surface area contributed by atoms with Crippen LogP contribution in [0.4, 0.5) is 0 Å². The molecule has 2 N–H and O–H groups in total. The fraction of sp³-hybridized carbons (Fsp3) is 0.571. The molecule has 1 aromatic carbocycles. The first-order valence-corrected chi connectivity index (χ1v) is 8.33. The molecule has 1 unspecified atom stereocenters. The van der Waals surface area contributed by atoms with Crippen LogP contribution in [0.1, 0.15) is 30.4 Å². The number of nitrogens with one attached hydrogen (secondary N) is 1. The van der Waals surface area contributed by atoms with Crippen molar-refractivity contribution in [3.8, 4) is 0 Å². The summed E-state index contributed by atoms with van der Waals surface area (Å²) < 4.78 is 32.5. The molecule has 1 saturated heterocycles. The maximum atomic E-state index is 12.2. The summed E-state index contributed by atoms with van der Waals surface area (Å²) in [5, 5.41) is 9.21. The average molecular weight is 299 g/mol. The highest BCUT2D eigenvalue weighted by atomic mass is 32.2. The topological polar surface area (TPSA) is 75.6 Å². The minimum Gasteiger partial charge on any atom is -0.392 e. The molecule has 1 aliphatic heterocycles. The number of aliphatic hydroxyl groups excluding tert-OH is 1. The standard InChI is InChI=1S/C14H21NO4S/c1-11-5-6-14(8-12(11)10-16)20(17,18)15-9-13-4-2-3-7-19-13/h5-6,8,13,15-16H,2-4,7,9-10H2,1H3. The zero-order valence-corrected chi connectivity index (χ0v) is 12.4. The molecule has 0 aliphatic carbocycles. The van der Waals surface area contributed by atoms with Gasteiger partial charge in [0.2, 0.25) is 10.0 Å². The number of rotatable bonds is 5. The Morgan fingerprint density at radius 3 is 2.85 bits per heavy atom. The van der Waals surface area contributed by atoms with Gasteiger partial charge in [0.05, 0.1) is 17.6 Å². The molecule has 0 radical (unpaired) electrons. The Kier molecular flexibility index (Phi) is 5.15. The van der Waals surface area contributed by atoms with E-state index in [-0.39, 0.29) is 17.6 Å². The highest BCUT2D eigenvalue weighted by Crippen LogP contribution is 2.17. The van der Waals surface area contributed by atoms with Gasteiger partial charge in [-0.25, -0.2) is 13.1 Å². The van der Waals surface area contributed by atoms with Crippen LogP contribution in [0.15, 0.2) is 23.1 Å². The Morgan fingerprint density at radius 2 is 2.20 bits per heavy atom. The van der Waals surface area contributed by atoms with E-state index in [9.17, 15) is 13.5 Å². The number of ether oxygens (including phenoxy) is 1. The van der Waals surface area contributed by atoms with Crippen molar-refractivity contribution in [3.05, 3.63) is 29.3 Å². The van der Waals surface area contributed by atoms with Crippen molar-refractivity contribution < 1.29 is 18.3 Å². The third kappa shape index (κ3) is 3.79. The van der Waals surface area contributed by atoms with Gasteiger partial charge in [-0.15, -0.1) is 0 Å². The quantitative estimate of drug-likeness (QED) is 0.860. The lowest BCUT2D eigenvalue weighted by molar-refractivity contribution is 0.0200. The minimum absolute atomic E-state index is 0.0405. The van der Waals surface area contributed by atoms with Gasteiger partial charge in [0.25, 0.3) is 0 Å². The van der Waals surface area contributed by atoms with Crippen LogP contribution in [0.2, 0.25) is 0 Å². The van der Waals surface area contributed by atoms with Crippen LogP contribution < -0.4 is 4.72 Å². The van der Waals surface area contributed by atoms with E-state index in [0.717, 1.165) is 24.8 Å². The second-order valence-corrected chi connectivity index (χ2v) is 6.85. The van der Waals surface area contributed by atoms with Crippen LogP contribution in [-0.4, -0.2) is 32.8 Å². The lowest BCUT2D eigenvalue weighted by Gasteiger charge is -2.22. The van der Waals surface area contributed by atoms with Crippen LogP contribution in [0.25, 0.3) is 0 Å². The molecule has 1 aromatic rings. The van der Waals surface area contributed by atoms with E-state index in [4.69, 9.17) is 4.74 Å². The van der Waals surface area contributed by atoms with E-state index in [1.54, 1.807) is 12.1 Å². The molecule has 0 spiro atoms. The monoisotopic (exact) mass is 299 g/mol. The molecular weight excluding hydrogens is 278 g/mol. The number of aryl methyl sites for hydroxylation is 1. The van der Waals surface area contributed by atoms with Gasteiger partial charge < -0.3 is 9.84 Å². The van der Waals surface area contributed by atoms with Crippen molar-refractivity contribution in [3.63, 3.8) is 0 Å². The first-order chi connectivity index (χ1) is 9.53. The van der Waals surface area contributed by atoms with Gasteiger partial charge in [0, 0.05) is 13.2 Å². The summed E-state index contributed by atoms with van der Waals surface area (Å²) in [4.78, 5) is 0.183. The zero-order chi connectivity index (χ0) is 14.6. The van der Waals surface area contributed by atoms with Crippen LogP contribution >= 0.6 is 0 Å². The Morgan fingerprint density at radius 1 is 1.40 bits per heavy atom. The Bertz CT molecular complexity index is 550. The highest BCUT2D eigenvalue weighted by Gasteiger charge is 2.19. The average Bonchev–Trinajstić information content (AvgIpc) is 2.46. The molecule has 112 valence electrons. The van der Waals surface area contributed by atoms with Gasteiger partial charge in [-0.3, -0.25) is 0 Å². The van der Waals surface area contributed by atoms with E-state index < -0.39 is 10.0 Å². The van der Waals surface area contributed by atoms with Crippen molar-refractivity contribution >= 4 is 10.0 Å². The highest BCUT2D eigenvalue weighted by molar-refractivity contribution is 7.89. The fourth-order valence-electron chi connectivity index (χ4n) is 2.24. The van der Waals surface area contributed by atoms with Gasteiger partial charge in [0.15, 0.2) is 0 Å². The lowest BCUT2D eigenvalue weighted by Crippen LogP contribution is -2.35. The molecule has 1 atom stereocenters. The SMILES string of the molecule is Cc1ccc(S(=O)(=O)NCC2CCCCO2)cc1CO. The van der Waals surface area contributed by atoms with Gasteiger partial charge in [-0.1, -0.05) is 6.07 Å². The molecule has 0 aromatic heterocycles. The summed E-state index contributed by atoms with van der Waals surface area (Å²) in [6.07, 6.45) is 2.96. The molecule has 1 heterocycles. The predicted octanol–water partition coefficient (Wildman–Crippen LogP) is 1.33. The zero-order valence-electron chi connectivity index (χ0n) is 11.6. The maximum absolute atomic E-state index is 12.2. The van der Waals surface area contributed by atoms with Crippen molar-refractivity contribution in [2.75, 3.05) is 13.2 Å². The van der Waals surface area contributed by atoms with Crippen molar-refractivity contribution in [1.82, 2.24) is 4.72 Å². The van der Waals surface area contributed by atoms with Crippen LogP contribution in [0.5, 0.6) is 0 Å². The lowest BCUT2D eigenvalue weighted by atomic mass is 10.1. The van der Waals surface area contributed by atoms with E-state index in [2.05, 4.69) is 4.72 Å². The molecule has 1 fully saturated rings. The van der Waals surface area contributed by atoms with Crippen molar-refractivity contribution in [1.29, 1.82) is 0 Å². The Hall–Kier alpha value is -0.950. The number of hydrogen-bond acceptors (Lipinski definition) is 4. The first-order valence-electron chi connectivity index (χ1n) is 6.84.